The maximum atomic E-state index is 10.9. The molecule has 0 aromatic carbocycles. The van der Waals surface area contributed by atoms with Gasteiger partial charge < -0.3 is 9.53 Å². The summed E-state index contributed by atoms with van der Waals surface area (Å²) in [7, 11) is 0. The molecule has 1 rings (SSSR count). The summed E-state index contributed by atoms with van der Waals surface area (Å²) in [5, 5.41) is 0. The van der Waals surface area contributed by atoms with Crippen molar-refractivity contribution in [1.82, 2.24) is 0 Å². The number of unbranched alkanes of at least 4 members (excludes halogenated alkanes) is 1. The molecule has 0 bridgehead atoms. The molecule has 0 N–H and O–H groups in total. The molecule has 0 saturated carbocycles. The van der Waals surface area contributed by atoms with Gasteiger partial charge in [0.1, 0.15) is 18.3 Å². The van der Waals surface area contributed by atoms with Crippen LogP contribution in [0.25, 0.3) is 0 Å². The van der Waals surface area contributed by atoms with Crippen molar-refractivity contribution in [3.05, 3.63) is 0 Å². The van der Waals surface area contributed by atoms with E-state index in [4.69, 9.17) is 4.74 Å². The monoisotopic (exact) mass is 170 g/mol. The third-order valence-electron chi connectivity index (χ3n) is 2.15. The van der Waals surface area contributed by atoms with Crippen LogP contribution in [0, 0.1) is 5.92 Å². The van der Waals surface area contributed by atoms with Crippen molar-refractivity contribution in [3.8, 4) is 0 Å². The van der Waals surface area contributed by atoms with Crippen molar-refractivity contribution in [3.63, 3.8) is 0 Å². The fourth-order valence-electron chi connectivity index (χ4n) is 1.40. The van der Waals surface area contributed by atoms with Gasteiger partial charge in [-0.3, -0.25) is 4.79 Å². The molecule has 1 fully saturated rings. The number of rotatable bonds is 4. The molecule has 2 unspecified atom stereocenters. The number of ether oxygens (including phenoxy) is 1. The minimum absolute atomic E-state index is 0.00681. The smallest absolute Gasteiger partial charge is 0.316 e. The summed E-state index contributed by atoms with van der Waals surface area (Å²) in [4.78, 5) is 21.3. The Morgan fingerprint density at radius 1 is 1.67 bits per heavy atom. The van der Waals surface area contributed by atoms with Crippen LogP contribution in [0.4, 0.5) is 0 Å². The number of hydrogen-bond donors (Lipinski definition) is 0. The average Bonchev–Trinajstić information content (AvgIpc) is 2.43. The first kappa shape index (κ1) is 9.23. The van der Waals surface area contributed by atoms with Crippen LogP contribution >= 0.6 is 0 Å². The summed E-state index contributed by atoms with van der Waals surface area (Å²) in [6, 6.07) is 0. The zero-order valence-electron chi connectivity index (χ0n) is 7.29. The molecule has 0 aromatic rings. The van der Waals surface area contributed by atoms with Gasteiger partial charge in [0, 0.05) is 6.42 Å². The Bertz CT molecular complexity index is 177. The Labute approximate surface area is 72.1 Å². The molecule has 1 aliphatic heterocycles. The van der Waals surface area contributed by atoms with Gasteiger partial charge in [0.2, 0.25) is 0 Å². The molecule has 0 radical (unpaired) electrons. The first-order valence-corrected chi connectivity index (χ1v) is 4.43. The summed E-state index contributed by atoms with van der Waals surface area (Å²) in [6.07, 6.45) is 4.32. The first-order chi connectivity index (χ1) is 5.77. The maximum Gasteiger partial charge on any atom is 0.316 e. The number of carbonyl (C=O) groups is 2. The van der Waals surface area contributed by atoms with Crippen LogP contribution in [-0.2, 0) is 14.3 Å². The highest BCUT2D eigenvalue weighted by atomic mass is 16.6. The highest BCUT2D eigenvalue weighted by Gasteiger charge is 2.33. The predicted molar refractivity (Wildman–Crippen MR) is 43.6 cm³/mol. The van der Waals surface area contributed by atoms with Gasteiger partial charge in [0.05, 0.1) is 0 Å². The minimum atomic E-state index is -0.494. The van der Waals surface area contributed by atoms with E-state index in [1.54, 1.807) is 0 Å². The first-order valence-electron chi connectivity index (χ1n) is 4.43. The fraction of sp³-hybridized carbons (Fsp3) is 0.778. The summed E-state index contributed by atoms with van der Waals surface area (Å²) in [5.74, 6) is -0.835. The number of carbonyl (C=O) groups excluding carboxylic acids is 2. The van der Waals surface area contributed by atoms with E-state index in [1.165, 1.54) is 0 Å². The number of cyclic esters (lactones) is 1. The van der Waals surface area contributed by atoms with E-state index in [-0.39, 0.29) is 12.1 Å². The summed E-state index contributed by atoms with van der Waals surface area (Å²) in [5.41, 5.74) is 0. The van der Waals surface area contributed by atoms with Gasteiger partial charge in [-0.25, -0.2) is 0 Å². The maximum absolute atomic E-state index is 10.9. The van der Waals surface area contributed by atoms with Crippen molar-refractivity contribution < 1.29 is 14.3 Å². The quantitative estimate of drug-likeness (QED) is 0.363. The molecule has 0 aliphatic carbocycles. The second kappa shape index (κ2) is 4.24. The van der Waals surface area contributed by atoms with Gasteiger partial charge >= 0.3 is 5.97 Å². The molecule has 0 aromatic heterocycles. The van der Waals surface area contributed by atoms with E-state index in [9.17, 15) is 9.59 Å². The lowest BCUT2D eigenvalue weighted by Crippen LogP contribution is -2.07. The topological polar surface area (TPSA) is 43.4 Å². The number of esters is 1. The van der Waals surface area contributed by atoms with Crippen molar-refractivity contribution in [2.24, 2.45) is 5.92 Å². The standard InChI is InChI=1S/C9H14O3/c1-2-3-4-8-5-7(6-10)9(11)12-8/h6-8H,2-5H2,1H3. The molecule has 2 atom stereocenters. The van der Waals surface area contributed by atoms with Gasteiger partial charge in [-0.05, 0) is 6.42 Å². The van der Waals surface area contributed by atoms with Crippen molar-refractivity contribution >= 4 is 12.3 Å². The second-order valence-electron chi connectivity index (χ2n) is 3.18. The van der Waals surface area contributed by atoms with Crippen LogP contribution in [0.1, 0.15) is 32.6 Å². The van der Waals surface area contributed by atoms with Crippen molar-refractivity contribution in [2.45, 2.75) is 38.7 Å². The lowest BCUT2D eigenvalue weighted by Gasteiger charge is -2.06. The lowest BCUT2D eigenvalue weighted by molar-refractivity contribution is -0.145. The molecular weight excluding hydrogens is 156 g/mol. The Balaban J connectivity index is 2.32. The molecule has 68 valence electrons. The second-order valence-corrected chi connectivity index (χ2v) is 3.18. The minimum Gasteiger partial charge on any atom is -0.462 e. The molecule has 0 amide bonds. The average molecular weight is 170 g/mol. The Kier molecular flexibility index (Phi) is 3.26. The van der Waals surface area contributed by atoms with Gasteiger partial charge in [-0.2, -0.15) is 0 Å². The third-order valence-corrected chi connectivity index (χ3v) is 2.15. The van der Waals surface area contributed by atoms with Crippen LogP contribution in [0.15, 0.2) is 0 Å². The molecule has 12 heavy (non-hydrogen) atoms. The van der Waals surface area contributed by atoms with E-state index in [2.05, 4.69) is 6.92 Å². The van der Waals surface area contributed by atoms with E-state index >= 15 is 0 Å². The third kappa shape index (κ3) is 2.06. The van der Waals surface area contributed by atoms with Crippen LogP contribution in [0.3, 0.4) is 0 Å². The van der Waals surface area contributed by atoms with Crippen LogP contribution in [0.2, 0.25) is 0 Å². The van der Waals surface area contributed by atoms with Gasteiger partial charge in [0.25, 0.3) is 0 Å². The highest BCUT2D eigenvalue weighted by Crippen LogP contribution is 2.23. The molecule has 1 aliphatic rings. The Morgan fingerprint density at radius 3 is 2.92 bits per heavy atom. The molecule has 3 heteroatoms. The highest BCUT2D eigenvalue weighted by molar-refractivity contribution is 5.89. The zero-order chi connectivity index (χ0) is 8.97. The van der Waals surface area contributed by atoms with E-state index in [0.29, 0.717) is 12.7 Å². The number of hydrogen-bond acceptors (Lipinski definition) is 3. The molecular formula is C9H14O3. The van der Waals surface area contributed by atoms with Gasteiger partial charge in [-0.15, -0.1) is 0 Å². The summed E-state index contributed by atoms with van der Waals surface area (Å²) >= 11 is 0. The predicted octanol–water partition coefficient (Wildman–Crippen LogP) is 1.31. The van der Waals surface area contributed by atoms with E-state index < -0.39 is 5.92 Å². The summed E-state index contributed by atoms with van der Waals surface area (Å²) in [6.45, 7) is 2.09. The molecule has 0 spiro atoms. The van der Waals surface area contributed by atoms with Crippen LogP contribution < -0.4 is 0 Å². The number of aldehydes is 1. The largest absolute Gasteiger partial charge is 0.462 e. The molecule has 1 saturated heterocycles. The Hall–Kier alpha value is -0.860. The van der Waals surface area contributed by atoms with E-state index in [1.807, 2.05) is 0 Å². The summed E-state index contributed by atoms with van der Waals surface area (Å²) < 4.78 is 5.00. The molecule has 3 nitrogen and oxygen atoms in total. The van der Waals surface area contributed by atoms with E-state index in [0.717, 1.165) is 19.3 Å². The Morgan fingerprint density at radius 2 is 2.42 bits per heavy atom. The molecule has 1 heterocycles. The van der Waals surface area contributed by atoms with Crippen LogP contribution in [0.5, 0.6) is 0 Å². The van der Waals surface area contributed by atoms with Gasteiger partial charge in [0.15, 0.2) is 0 Å². The SMILES string of the molecule is CCCCC1CC(C=O)C(=O)O1. The van der Waals surface area contributed by atoms with Crippen molar-refractivity contribution in [1.29, 1.82) is 0 Å². The fourth-order valence-corrected chi connectivity index (χ4v) is 1.40. The zero-order valence-corrected chi connectivity index (χ0v) is 7.29. The lowest BCUT2D eigenvalue weighted by atomic mass is 10.0. The van der Waals surface area contributed by atoms with Crippen molar-refractivity contribution in [2.75, 3.05) is 0 Å². The van der Waals surface area contributed by atoms with Crippen LogP contribution in [-0.4, -0.2) is 18.4 Å². The van der Waals surface area contributed by atoms with Gasteiger partial charge in [-0.1, -0.05) is 19.8 Å². The normalized spacial score (nSPS) is 28.6.